The van der Waals surface area contributed by atoms with Crippen molar-refractivity contribution in [1.82, 2.24) is 9.80 Å². The second-order valence-corrected chi connectivity index (χ2v) is 9.40. The summed E-state index contributed by atoms with van der Waals surface area (Å²) in [6.07, 6.45) is 1.88. The van der Waals surface area contributed by atoms with E-state index in [2.05, 4.69) is 35.2 Å². The van der Waals surface area contributed by atoms with Gasteiger partial charge in [-0.1, -0.05) is 36.4 Å². The summed E-state index contributed by atoms with van der Waals surface area (Å²) in [6.45, 7) is 2.29. The van der Waals surface area contributed by atoms with Gasteiger partial charge >= 0.3 is 0 Å². The Bertz CT molecular complexity index is 1170. The molecule has 3 atom stereocenters. The van der Waals surface area contributed by atoms with Crippen LogP contribution in [0.25, 0.3) is 11.1 Å². The largest absolute Gasteiger partial charge is 0.497 e. The minimum Gasteiger partial charge on any atom is -0.497 e. The highest BCUT2D eigenvalue weighted by Gasteiger charge is 2.49. The van der Waals surface area contributed by atoms with Gasteiger partial charge in [0, 0.05) is 36.7 Å². The molecule has 5 rings (SSSR count). The second kappa shape index (κ2) is 10.2. The van der Waals surface area contributed by atoms with E-state index in [1.54, 1.807) is 19.2 Å². The van der Waals surface area contributed by atoms with Crippen LogP contribution in [0.2, 0.25) is 0 Å². The average molecular weight is 475 g/mol. The molecular formula is C29H31FN2O3. The molecule has 1 N–H and O–H groups in total. The number of amides is 1. The maximum absolute atomic E-state index is 13.4. The number of fused-ring (bicyclic) bond motifs is 1. The van der Waals surface area contributed by atoms with E-state index in [-0.39, 0.29) is 36.3 Å². The van der Waals surface area contributed by atoms with Crippen LogP contribution in [0.15, 0.2) is 72.8 Å². The summed E-state index contributed by atoms with van der Waals surface area (Å²) in [6, 6.07) is 22.5. The van der Waals surface area contributed by atoms with Crippen molar-refractivity contribution in [1.29, 1.82) is 0 Å². The van der Waals surface area contributed by atoms with Crippen molar-refractivity contribution < 1.29 is 19.0 Å². The van der Waals surface area contributed by atoms with E-state index in [0.29, 0.717) is 18.7 Å². The summed E-state index contributed by atoms with van der Waals surface area (Å²) in [4.78, 5) is 17.5. The molecule has 3 aromatic rings. The van der Waals surface area contributed by atoms with Crippen LogP contribution in [-0.2, 0) is 0 Å². The molecule has 0 radical (unpaired) electrons. The first-order valence-electron chi connectivity index (χ1n) is 12.2. The number of carbonyl (C=O) groups excluding carboxylic acids is 1. The first kappa shape index (κ1) is 23.5. The van der Waals surface area contributed by atoms with Crippen LogP contribution < -0.4 is 4.74 Å². The normalized spacial score (nSPS) is 22.5. The van der Waals surface area contributed by atoms with Crippen molar-refractivity contribution in [2.24, 2.45) is 0 Å². The molecule has 0 saturated carbocycles. The Labute approximate surface area is 205 Å². The highest BCUT2D eigenvalue weighted by Crippen LogP contribution is 2.42. The molecule has 0 unspecified atom stereocenters. The molecule has 1 amide bonds. The fraction of sp³-hybridized carbons (Fsp3) is 0.345. The molecule has 3 aromatic carbocycles. The number of hydrogen-bond acceptors (Lipinski definition) is 4. The maximum atomic E-state index is 13.4. The van der Waals surface area contributed by atoms with Crippen LogP contribution in [0.5, 0.6) is 5.75 Å². The molecule has 0 aliphatic carbocycles. The Morgan fingerprint density at radius 2 is 1.74 bits per heavy atom. The van der Waals surface area contributed by atoms with Crippen molar-refractivity contribution in [2.75, 3.05) is 33.4 Å². The monoisotopic (exact) mass is 474 g/mol. The zero-order valence-corrected chi connectivity index (χ0v) is 19.9. The molecule has 5 nitrogen and oxygen atoms in total. The molecule has 6 heteroatoms. The summed E-state index contributed by atoms with van der Waals surface area (Å²) in [5.41, 5.74) is 3.88. The number of benzene rings is 3. The number of nitrogens with zero attached hydrogens (tertiary/aromatic N) is 2. The fourth-order valence-corrected chi connectivity index (χ4v) is 5.60. The summed E-state index contributed by atoms with van der Waals surface area (Å²) in [7, 11) is 1.67. The number of carbonyl (C=O) groups is 1. The topological polar surface area (TPSA) is 53.0 Å². The third kappa shape index (κ3) is 4.68. The van der Waals surface area contributed by atoms with Crippen LogP contribution in [-0.4, -0.2) is 66.2 Å². The molecule has 0 spiro atoms. The lowest BCUT2D eigenvalue weighted by molar-refractivity contribution is -0.0606. The first-order chi connectivity index (χ1) is 17.1. The van der Waals surface area contributed by atoms with E-state index in [1.165, 1.54) is 17.7 Å². The quantitative estimate of drug-likeness (QED) is 0.589. The van der Waals surface area contributed by atoms with Gasteiger partial charge in [0.25, 0.3) is 5.91 Å². The molecule has 2 fully saturated rings. The molecule has 2 aliphatic heterocycles. The van der Waals surface area contributed by atoms with Crippen LogP contribution in [0.1, 0.15) is 34.7 Å². The third-order valence-electron chi connectivity index (χ3n) is 7.45. The minimum absolute atomic E-state index is 0.0449. The summed E-state index contributed by atoms with van der Waals surface area (Å²) < 4.78 is 18.7. The molecule has 182 valence electrons. The number of halogens is 1. The standard InChI is InChI=1S/C29H31FN2O3/c1-35-25-6-4-5-23(17-25)20-7-9-21(10-8-20)28-26-18-31(15-2-3-16-32(26)27(28)19-33)29(34)22-11-13-24(30)14-12-22/h4-14,17,26-28,33H,2-3,15-16,18-19H2,1H3/t26-,27+,28+/m0/s1. The van der Waals surface area contributed by atoms with Gasteiger partial charge in [-0.25, -0.2) is 4.39 Å². The van der Waals surface area contributed by atoms with Gasteiger partial charge in [0.05, 0.1) is 13.7 Å². The number of methoxy groups -OCH3 is 1. The van der Waals surface area contributed by atoms with Crippen molar-refractivity contribution in [3.8, 4) is 16.9 Å². The van der Waals surface area contributed by atoms with E-state index >= 15 is 0 Å². The van der Waals surface area contributed by atoms with Crippen molar-refractivity contribution in [3.05, 3.63) is 89.7 Å². The van der Waals surface area contributed by atoms with E-state index < -0.39 is 0 Å². The van der Waals surface area contributed by atoms with Crippen LogP contribution in [0, 0.1) is 5.82 Å². The van der Waals surface area contributed by atoms with E-state index in [9.17, 15) is 14.3 Å². The Hall–Kier alpha value is -3.22. The SMILES string of the molecule is COc1cccc(-c2ccc([C@H]3[C@@H](CO)N4CCCCN(C(=O)c5ccc(F)cc5)C[C@@H]34)cc2)c1. The van der Waals surface area contributed by atoms with Gasteiger partial charge in [0.15, 0.2) is 0 Å². The maximum Gasteiger partial charge on any atom is 0.253 e. The van der Waals surface area contributed by atoms with Gasteiger partial charge in [-0.05, 0) is 72.5 Å². The molecule has 2 aliphatic rings. The van der Waals surface area contributed by atoms with Gasteiger partial charge in [0.1, 0.15) is 11.6 Å². The Morgan fingerprint density at radius 3 is 2.46 bits per heavy atom. The van der Waals surface area contributed by atoms with Crippen LogP contribution in [0.4, 0.5) is 4.39 Å². The Kier molecular flexibility index (Phi) is 6.84. The lowest BCUT2D eigenvalue weighted by atomic mass is 9.74. The molecule has 0 aromatic heterocycles. The second-order valence-electron chi connectivity index (χ2n) is 9.40. The van der Waals surface area contributed by atoms with Gasteiger partial charge in [-0.15, -0.1) is 0 Å². The predicted octanol–water partition coefficient (Wildman–Crippen LogP) is 4.57. The highest BCUT2D eigenvalue weighted by molar-refractivity contribution is 5.94. The summed E-state index contributed by atoms with van der Waals surface area (Å²) >= 11 is 0. The average Bonchev–Trinajstić information content (AvgIpc) is 2.88. The summed E-state index contributed by atoms with van der Waals surface area (Å²) in [5, 5.41) is 10.2. The molecule has 2 heterocycles. The van der Waals surface area contributed by atoms with Crippen LogP contribution in [0.3, 0.4) is 0 Å². The fourth-order valence-electron chi connectivity index (χ4n) is 5.60. The van der Waals surface area contributed by atoms with Crippen molar-refractivity contribution >= 4 is 5.91 Å². The molecule has 2 saturated heterocycles. The predicted molar refractivity (Wildman–Crippen MR) is 134 cm³/mol. The Balaban J connectivity index is 1.38. The minimum atomic E-state index is -0.345. The highest BCUT2D eigenvalue weighted by atomic mass is 19.1. The third-order valence-corrected chi connectivity index (χ3v) is 7.45. The zero-order chi connectivity index (χ0) is 24.4. The lowest BCUT2D eigenvalue weighted by Crippen LogP contribution is -2.67. The van der Waals surface area contributed by atoms with E-state index in [1.807, 2.05) is 23.1 Å². The van der Waals surface area contributed by atoms with E-state index in [0.717, 1.165) is 36.3 Å². The summed E-state index contributed by atoms with van der Waals surface area (Å²) in [5.74, 6) is 0.553. The lowest BCUT2D eigenvalue weighted by Gasteiger charge is -2.57. The number of ether oxygens (including phenoxy) is 1. The Morgan fingerprint density at radius 1 is 1.00 bits per heavy atom. The van der Waals surface area contributed by atoms with Crippen molar-refractivity contribution in [3.63, 3.8) is 0 Å². The molecule has 35 heavy (non-hydrogen) atoms. The van der Waals surface area contributed by atoms with Crippen LogP contribution >= 0.6 is 0 Å². The smallest absolute Gasteiger partial charge is 0.253 e. The number of rotatable bonds is 5. The number of hydrogen-bond donors (Lipinski definition) is 1. The van der Waals surface area contributed by atoms with Gasteiger partial charge in [-0.2, -0.15) is 0 Å². The number of aliphatic hydroxyl groups excluding tert-OH is 1. The van der Waals surface area contributed by atoms with Gasteiger partial charge in [-0.3, -0.25) is 9.69 Å². The zero-order valence-electron chi connectivity index (χ0n) is 19.9. The molecule has 0 bridgehead atoms. The van der Waals surface area contributed by atoms with Gasteiger partial charge in [0.2, 0.25) is 0 Å². The van der Waals surface area contributed by atoms with Crippen molar-refractivity contribution in [2.45, 2.75) is 30.8 Å². The molecular weight excluding hydrogens is 443 g/mol. The number of aliphatic hydroxyl groups is 1. The first-order valence-corrected chi connectivity index (χ1v) is 12.2. The van der Waals surface area contributed by atoms with Gasteiger partial charge < -0.3 is 14.7 Å². The van der Waals surface area contributed by atoms with E-state index in [4.69, 9.17) is 4.74 Å².